The summed E-state index contributed by atoms with van der Waals surface area (Å²) in [5.41, 5.74) is 2.37. The Labute approximate surface area is 125 Å². The standard InChI is InChI=1S/C18H12O2S/c1-11-6-9-17(21-11)18(19)12-7-8-16-14(10-12)13-4-2-3-5-15(13)20-16/h2-10H,1H3. The normalized spacial score (nSPS) is 11.3. The molecule has 4 aromatic rings. The molecule has 4 rings (SSSR count). The molecule has 0 fully saturated rings. The van der Waals surface area contributed by atoms with E-state index in [9.17, 15) is 4.79 Å². The first-order valence-electron chi connectivity index (χ1n) is 6.75. The first-order chi connectivity index (χ1) is 10.2. The third kappa shape index (κ3) is 1.98. The van der Waals surface area contributed by atoms with Gasteiger partial charge in [-0.15, -0.1) is 11.3 Å². The van der Waals surface area contributed by atoms with Gasteiger partial charge in [-0.3, -0.25) is 4.79 Å². The molecule has 0 atom stereocenters. The molecule has 0 unspecified atom stereocenters. The van der Waals surface area contributed by atoms with Crippen molar-refractivity contribution in [1.29, 1.82) is 0 Å². The van der Waals surface area contributed by atoms with Crippen molar-refractivity contribution in [3.8, 4) is 0 Å². The van der Waals surface area contributed by atoms with E-state index in [4.69, 9.17) is 4.42 Å². The highest BCUT2D eigenvalue weighted by Crippen LogP contribution is 2.30. The lowest BCUT2D eigenvalue weighted by molar-refractivity contribution is 0.104. The number of carbonyl (C=O) groups excluding carboxylic acids is 1. The Morgan fingerprint density at radius 3 is 2.57 bits per heavy atom. The molecule has 0 spiro atoms. The van der Waals surface area contributed by atoms with E-state index in [-0.39, 0.29) is 5.78 Å². The molecule has 0 amide bonds. The van der Waals surface area contributed by atoms with Gasteiger partial charge in [0, 0.05) is 21.2 Å². The van der Waals surface area contributed by atoms with Gasteiger partial charge in [-0.05, 0) is 43.3 Å². The van der Waals surface area contributed by atoms with Gasteiger partial charge in [0.2, 0.25) is 5.78 Å². The minimum Gasteiger partial charge on any atom is -0.456 e. The van der Waals surface area contributed by atoms with Crippen LogP contribution < -0.4 is 0 Å². The van der Waals surface area contributed by atoms with Crippen LogP contribution in [0.25, 0.3) is 21.9 Å². The van der Waals surface area contributed by atoms with Gasteiger partial charge in [0.15, 0.2) is 0 Å². The maximum Gasteiger partial charge on any atom is 0.202 e. The van der Waals surface area contributed by atoms with Gasteiger partial charge < -0.3 is 4.42 Å². The van der Waals surface area contributed by atoms with E-state index in [1.165, 1.54) is 11.3 Å². The van der Waals surface area contributed by atoms with Gasteiger partial charge in [-0.2, -0.15) is 0 Å². The summed E-state index contributed by atoms with van der Waals surface area (Å²) in [4.78, 5) is 14.5. The molecular formula is C18H12O2S. The first kappa shape index (κ1) is 12.4. The van der Waals surface area contributed by atoms with Crippen LogP contribution in [0.3, 0.4) is 0 Å². The van der Waals surface area contributed by atoms with Crippen LogP contribution in [0, 0.1) is 6.92 Å². The highest BCUT2D eigenvalue weighted by Gasteiger charge is 2.14. The highest BCUT2D eigenvalue weighted by molar-refractivity contribution is 7.14. The molecule has 3 heteroatoms. The van der Waals surface area contributed by atoms with Crippen LogP contribution in [0.1, 0.15) is 20.1 Å². The van der Waals surface area contributed by atoms with Crippen molar-refractivity contribution in [1.82, 2.24) is 0 Å². The van der Waals surface area contributed by atoms with E-state index in [1.54, 1.807) is 0 Å². The van der Waals surface area contributed by atoms with Crippen molar-refractivity contribution in [2.75, 3.05) is 0 Å². The molecule has 2 aromatic heterocycles. The van der Waals surface area contributed by atoms with E-state index in [1.807, 2.05) is 61.5 Å². The van der Waals surface area contributed by atoms with Gasteiger partial charge in [0.05, 0.1) is 4.88 Å². The second-order valence-electron chi connectivity index (χ2n) is 5.05. The fourth-order valence-electron chi connectivity index (χ4n) is 2.57. The molecule has 0 saturated heterocycles. The van der Waals surface area contributed by atoms with Gasteiger partial charge in [0.25, 0.3) is 0 Å². The lowest BCUT2D eigenvalue weighted by Gasteiger charge is -1.98. The Morgan fingerprint density at radius 2 is 1.76 bits per heavy atom. The summed E-state index contributed by atoms with van der Waals surface area (Å²) in [5, 5.41) is 2.04. The largest absolute Gasteiger partial charge is 0.456 e. The monoisotopic (exact) mass is 292 g/mol. The second kappa shape index (κ2) is 4.57. The zero-order chi connectivity index (χ0) is 14.4. The van der Waals surface area contributed by atoms with E-state index < -0.39 is 0 Å². The van der Waals surface area contributed by atoms with Gasteiger partial charge in [-0.25, -0.2) is 0 Å². The van der Waals surface area contributed by atoms with Crippen LogP contribution >= 0.6 is 11.3 Å². The number of carbonyl (C=O) groups is 1. The zero-order valence-electron chi connectivity index (χ0n) is 11.4. The van der Waals surface area contributed by atoms with Gasteiger partial charge in [-0.1, -0.05) is 18.2 Å². The van der Waals surface area contributed by atoms with Crippen LogP contribution in [0.15, 0.2) is 59.0 Å². The minimum absolute atomic E-state index is 0.0697. The van der Waals surface area contributed by atoms with Crippen molar-refractivity contribution >= 4 is 39.1 Å². The average molecular weight is 292 g/mol. The maximum absolute atomic E-state index is 12.5. The molecule has 0 aliphatic rings. The lowest BCUT2D eigenvalue weighted by atomic mass is 10.1. The van der Waals surface area contributed by atoms with Crippen LogP contribution in [-0.2, 0) is 0 Å². The highest BCUT2D eigenvalue weighted by atomic mass is 32.1. The molecule has 2 nitrogen and oxygen atoms in total. The van der Waals surface area contributed by atoms with Crippen LogP contribution in [0.2, 0.25) is 0 Å². The number of para-hydroxylation sites is 1. The lowest BCUT2D eigenvalue weighted by Crippen LogP contribution is -1.97. The summed E-state index contributed by atoms with van der Waals surface area (Å²) >= 11 is 1.53. The van der Waals surface area contributed by atoms with Crippen LogP contribution in [0.5, 0.6) is 0 Å². The summed E-state index contributed by atoms with van der Waals surface area (Å²) in [6, 6.07) is 17.4. The first-order valence-corrected chi connectivity index (χ1v) is 7.56. The third-order valence-corrected chi connectivity index (χ3v) is 4.60. The second-order valence-corrected chi connectivity index (χ2v) is 6.34. The Hall–Kier alpha value is -2.39. The van der Waals surface area contributed by atoms with Crippen molar-refractivity contribution in [2.45, 2.75) is 6.92 Å². The fraction of sp³-hybridized carbons (Fsp3) is 0.0556. The van der Waals surface area contributed by atoms with Gasteiger partial charge in [0.1, 0.15) is 11.2 Å². The van der Waals surface area contributed by atoms with Gasteiger partial charge >= 0.3 is 0 Å². The van der Waals surface area contributed by atoms with Crippen molar-refractivity contribution in [2.24, 2.45) is 0 Å². The predicted octanol–water partition coefficient (Wildman–Crippen LogP) is 5.19. The predicted molar refractivity (Wildman–Crippen MR) is 86.2 cm³/mol. The third-order valence-electron chi connectivity index (χ3n) is 3.60. The molecule has 0 aliphatic heterocycles. The molecule has 2 aromatic carbocycles. The molecule has 0 N–H and O–H groups in total. The number of hydrogen-bond donors (Lipinski definition) is 0. The Balaban J connectivity index is 1.90. The zero-order valence-corrected chi connectivity index (χ0v) is 12.2. The van der Waals surface area contributed by atoms with E-state index in [2.05, 4.69) is 0 Å². The molecule has 0 saturated carbocycles. The summed E-state index contributed by atoms with van der Waals surface area (Å²) in [5.74, 6) is 0.0697. The Bertz CT molecular complexity index is 975. The quantitative estimate of drug-likeness (QED) is 0.476. The number of rotatable bonds is 2. The SMILES string of the molecule is Cc1ccc(C(=O)c2ccc3oc4ccccc4c3c2)s1. The van der Waals surface area contributed by atoms with Crippen molar-refractivity contribution in [3.05, 3.63) is 69.9 Å². The van der Waals surface area contributed by atoms with Crippen molar-refractivity contribution < 1.29 is 9.21 Å². The van der Waals surface area contributed by atoms with Crippen molar-refractivity contribution in [3.63, 3.8) is 0 Å². The minimum atomic E-state index is 0.0697. The molecule has 0 aliphatic carbocycles. The average Bonchev–Trinajstić information content (AvgIpc) is 3.09. The topological polar surface area (TPSA) is 30.2 Å². The summed E-state index contributed by atoms with van der Waals surface area (Å²) in [6.45, 7) is 2.01. The van der Waals surface area contributed by atoms with E-state index >= 15 is 0 Å². The summed E-state index contributed by atoms with van der Waals surface area (Å²) in [7, 11) is 0. The molecule has 2 heterocycles. The Morgan fingerprint density at radius 1 is 0.952 bits per heavy atom. The number of thiophene rings is 1. The number of ketones is 1. The smallest absolute Gasteiger partial charge is 0.202 e. The number of benzene rings is 2. The number of furan rings is 1. The molecule has 0 radical (unpaired) electrons. The van der Waals surface area contributed by atoms with Crippen LogP contribution in [0.4, 0.5) is 0 Å². The molecular weight excluding hydrogens is 280 g/mol. The summed E-state index contributed by atoms with van der Waals surface area (Å²) in [6.07, 6.45) is 0. The number of fused-ring (bicyclic) bond motifs is 3. The molecule has 0 bridgehead atoms. The fourth-order valence-corrected chi connectivity index (χ4v) is 3.40. The van der Waals surface area contributed by atoms with E-state index in [0.29, 0.717) is 5.56 Å². The summed E-state index contributed by atoms with van der Waals surface area (Å²) < 4.78 is 5.79. The maximum atomic E-state index is 12.5. The Kier molecular flexibility index (Phi) is 2.69. The van der Waals surface area contributed by atoms with Crippen LogP contribution in [-0.4, -0.2) is 5.78 Å². The molecule has 21 heavy (non-hydrogen) atoms. The number of hydrogen-bond acceptors (Lipinski definition) is 3. The van der Waals surface area contributed by atoms with E-state index in [0.717, 1.165) is 31.7 Å². The number of aryl methyl sites for hydroxylation is 1. The molecule has 102 valence electrons.